The third-order valence-electron chi connectivity index (χ3n) is 2.62. The SMILES string of the molecule is NCC1CCC(c2ccccc2Br)O1. The fourth-order valence-electron chi connectivity index (χ4n) is 1.84. The van der Waals surface area contributed by atoms with Crippen LogP contribution in [0.2, 0.25) is 0 Å². The molecule has 1 heterocycles. The fraction of sp³-hybridized carbons (Fsp3) is 0.455. The average molecular weight is 256 g/mol. The Morgan fingerprint density at radius 3 is 2.79 bits per heavy atom. The van der Waals surface area contributed by atoms with Gasteiger partial charge in [-0.1, -0.05) is 34.1 Å². The molecule has 0 bridgehead atoms. The zero-order valence-corrected chi connectivity index (χ0v) is 9.53. The van der Waals surface area contributed by atoms with Gasteiger partial charge in [0.15, 0.2) is 0 Å². The average Bonchev–Trinajstić information content (AvgIpc) is 2.67. The van der Waals surface area contributed by atoms with E-state index in [0.29, 0.717) is 6.54 Å². The molecule has 1 saturated heterocycles. The van der Waals surface area contributed by atoms with Crippen molar-refractivity contribution in [1.29, 1.82) is 0 Å². The highest BCUT2D eigenvalue weighted by atomic mass is 79.9. The lowest BCUT2D eigenvalue weighted by atomic mass is 10.1. The normalized spacial score (nSPS) is 26.7. The number of benzene rings is 1. The van der Waals surface area contributed by atoms with E-state index >= 15 is 0 Å². The molecular formula is C11H14BrNO. The summed E-state index contributed by atoms with van der Waals surface area (Å²) in [4.78, 5) is 0. The maximum Gasteiger partial charge on any atom is 0.0841 e. The van der Waals surface area contributed by atoms with Crippen LogP contribution in [-0.4, -0.2) is 12.6 Å². The van der Waals surface area contributed by atoms with Crippen LogP contribution in [0.25, 0.3) is 0 Å². The highest BCUT2D eigenvalue weighted by molar-refractivity contribution is 9.10. The first-order valence-electron chi connectivity index (χ1n) is 4.91. The number of ether oxygens (including phenoxy) is 1. The summed E-state index contributed by atoms with van der Waals surface area (Å²) in [5.74, 6) is 0. The summed E-state index contributed by atoms with van der Waals surface area (Å²) in [6.07, 6.45) is 2.61. The van der Waals surface area contributed by atoms with Gasteiger partial charge < -0.3 is 10.5 Å². The van der Waals surface area contributed by atoms with Crippen molar-refractivity contribution in [3.05, 3.63) is 34.3 Å². The monoisotopic (exact) mass is 255 g/mol. The van der Waals surface area contributed by atoms with Gasteiger partial charge in [0.25, 0.3) is 0 Å². The van der Waals surface area contributed by atoms with Crippen molar-refractivity contribution in [3.8, 4) is 0 Å². The molecule has 76 valence electrons. The minimum atomic E-state index is 0.221. The van der Waals surface area contributed by atoms with Crippen LogP contribution in [0.3, 0.4) is 0 Å². The Hall–Kier alpha value is -0.380. The topological polar surface area (TPSA) is 35.2 Å². The van der Waals surface area contributed by atoms with E-state index in [1.54, 1.807) is 0 Å². The van der Waals surface area contributed by atoms with E-state index in [-0.39, 0.29) is 12.2 Å². The molecule has 1 fully saturated rings. The molecule has 1 aromatic carbocycles. The van der Waals surface area contributed by atoms with E-state index in [4.69, 9.17) is 10.5 Å². The molecule has 14 heavy (non-hydrogen) atoms. The molecule has 0 aliphatic carbocycles. The second kappa shape index (κ2) is 4.43. The van der Waals surface area contributed by atoms with Crippen LogP contribution in [0.15, 0.2) is 28.7 Å². The van der Waals surface area contributed by atoms with E-state index in [1.807, 2.05) is 12.1 Å². The fourth-order valence-corrected chi connectivity index (χ4v) is 2.38. The Morgan fingerprint density at radius 1 is 1.36 bits per heavy atom. The number of hydrogen-bond donors (Lipinski definition) is 1. The lowest BCUT2D eigenvalue weighted by Crippen LogP contribution is -2.18. The molecule has 2 nitrogen and oxygen atoms in total. The van der Waals surface area contributed by atoms with Crippen molar-refractivity contribution in [1.82, 2.24) is 0 Å². The van der Waals surface area contributed by atoms with Gasteiger partial charge in [-0.2, -0.15) is 0 Å². The van der Waals surface area contributed by atoms with Crippen LogP contribution in [0.1, 0.15) is 24.5 Å². The van der Waals surface area contributed by atoms with Crippen LogP contribution >= 0.6 is 15.9 Å². The van der Waals surface area contributed by atoms with E-state index < -0.39 is 0 Å². The van der Waals surface area contributed by atoms with Gasteiger partial charge in [0.05, 0.1) is 12.2 Å². The number of rotatable bonds is 2. The summed E-state index contributed by atoms with van der Waals surface area (Å²) in [5, 5.41) is 0. The molecule has 0 spiro atoms. The maximum absolute atomic E-state index is 5.82. The van der Waals surface area contributed by atoms with Gasteiger partial charge in [0.1, 0.15) is 0 Å². The van der Waals surface area contributed by atoms with E-state index in [0.717, 1.165) is 17.3 Å². The standard InChI is InChI=1S/C11H14BrNO/c12-10-4-2-1-3-9(10)11-6-5-8(7-13)14-11/h1-4,8,11H,5-7,13H2. The Balaban J connectivity index is 2.13. The minimum Gasteiger partial charge on any atom is -0.369 e. The van der Waals surface area contributed by atoms with Crippen LogP contribution in [0.5, 0.6) is 0 Å². The van der Waals surface area contributed by atoms with Crippen LogP contribution in [0.4, 0.5) is 0 Å². The molecule has 2 unspecified atom stereocenters. The lowest BCUT2D eigenvalue weighted by molar-refractivity contribution is 0.0494. The van der Waals surface area contributed by atoms with Crippen molar-refractivity contribution in [3.63, 3.8) is 0 Å². The van der Waals surface area contributed by atoms with Gasteiger partial charge in [-0.05, 0) is 24.5 Å². The van der Waals surface area contributed by atoms with E-state index in [9.17, 15) is 0 Å². The first kappa shape index (κ1) is 10.1. The van der Waals surface area contributed by atoms with Crippen molar-refractivity contribution in [2.45, 2.75) is 25.0 Å². The summed E-state index contributed by atoms with van der Waals surface area (Å²) >= 11 is 3.54. The van der Waals surface area contributed by atoms with Crippen molar-refractivity contribution in [2.75, 3.05) is 6.54 Å². The molecular weight excluding hydrogens is 242 g/mol. The maximum atomic E-state index is 5.82. The number of nitrogens with two attached hydrogens (primary N) is 1. The zero-order valence-electron chi connectivity index (χ0n) is 7.95. The molecule has 2 N–H and O–H groups in total. The molecule has 1 aromatic rings. The van der Waals surface area contributed by atoms with Gasteiger partial charge in [0, 0.05) is 11.0 Å². The van der Waals surface area contributed by atoms with Crippen LogP contribution < -0.4 is 5.73 Å². The highest BCUT2D eigenvalue weighted by Crippen LogP contribution is 2.35. The van der Waals surface area contributed by atoms with Gasteiger partial charge >= 0.3 is 0 Å². The third kappa shape index (κ3) is 2.00. The third-order valence-corrected chi connectivity index (χ3v) is 3.34. The second-order valence-electron chi connectivity index (χ2n) is 3.58. The summed E-state index contributed by atoms with van der Waals surface area (Å²) in [5.41, 5.74) is 6.81. The first-order valence-corrected chi connectivity index (χ1v) is 5.70. The van der Waals surface area contributed by atoms with E-state index in [1.165, 1.54) is 5.56 Å². The summed E-state index contributed by atoms with van der Waals surface area (Å²) in [6, 6.07) is 8.21. The Labute approximate surface area is 92.6 Å². The lowest BCUT2D eigenvalue weighted by Gasteiger charge is -2.13. The van der Waals surface area contributed by atoms with Gasteiger partial charge in [-0.25, -0.2) is 0 Å². The van der Waals surface area contributed by atoms with Crippen LogP contribution in [0, 0.1) is 0 Å². The largest absolute Gasteiger partial charge is 0.369 e. The van der Waals surface area contributed by atoms with E-state index in [2.05, 4.69) is 28.1 Å². The van der Waals surface area contributed by atoms with Crippen molar-refractivity contribution in [2.24, 2.45) is 5.73 Å². The molecule has 2 rings (SSSR count). The first-order chi connectivity index (χ1) is 6.81. The number of hydrogen-bond acceptors (Lipinski definition) is 2. The molecule has 2 atom stereocenters. The van der Waals surface area contributed by atoms with Gasteiger partial charge in [0.2, 0.25) is 0 Å². The molecule has 3 heteroatoms. The zero-order chi connectivity index (χ0) is 9.97. The number of halogens is 1. The summed E-state index contributed by atoms with van der Waals surface area (Å²) in [6.45, 7) is 0.626. The summed E-state index contributed by atoms with van der Waals surface area (Å²) < 4.78 is 6.95. The summed E-state index contributed by atoms with van der Waals surface area (Å²) in [7, 11) is 0. The molecule has 0 aromatic heterocycles. The van der Waals surface area contributed by atoms with Crippen LogP contribution in [-0.2, 0) is 4.74 Å². The highest BCUT2D eigenvalue weighted by Gasteiger charge is 2.26. The Bertz CT molecular complexity index is 316. The molecule has 0 radical (unpaired) electrons. The van der Waals surface area contributed by atoms with Gasteiger partial charge in [-0.3, -0.25) is 0 Å². The molecule has 1 aliphatic heterocycles. The second-order valence-corrected chi connectivity index (χ2v) is 4.44. The quantitative estimate of drug-likeness (QED) is 0.882. The van der Waals surface area contributed by atoms with Crippen molar-refractivity contribution >= 4 is 15.9 Å². The molecule has 0 amide bonds. The molecule has 1 aliphatic rings. The smallest absolute Gasteiger partial charge is 0.0841 e. The minimum absolute atomic E-state index is 0.221. The predicted octanol–water partition coefficient (Wildman–Crippen LogP) is 2.63. The Morgan fingerprint density at radius 2 is 2.14 bits per heavy atom. The van der Waals surface area contributed by atoms with Crippen molar-refractivity contribution < 1.29 is 4.74 Å². The Kier molecular flexibility index (Phi) is 3.21. The molecule has 0 saturated carbocycles. The predicted molar refractivity (Wildman–Crippen MR) is 60.0 cm³/mol. The van der Waals surface area contributed by atoms with Gasteiger partial charge in [-0.15, -0.1) is 0 Å².